The fraction of sp³-hybridized carbons (Fsp3) is 0.571. The van der Waals surface area contributed by atoms with Gasteiger partial charge in [-0.2, -0.15) is 0 Å². The second kappa shape index (κ2) is 9.73. The van der Waals surface area contributed by atoms with Crippen molar-refractivity contribution in [1.29, 1.82) is 0 Å². The van der Waals surface area contributed by atoms with Gasteiger partial charge in [-0.25, -0.2) is 4.98 Å². The number of nitrogens with one attached hydrogen (secondary N) is 1. The van der Waals surface area contributed by atoms with E-state index in [-0.39, 0.29) is 0 Å². The van der Waals surface area contributed by atoms with E-state index in [4.69, 9.17) is 9.72 Å². The van der Waals surface area contributed by atoms with E-state index in [1.54, 1.807) is 0 Å². The summed E-state index contributed by atoms with van der Waals surface area (Å²) in [6, 6.07) is 10.8. The third kappa shape index (κ3) is 5.16. The van der Waals surface area contributed by atoms with E-state index in [0.29, 0.717) is 0 Å². The minimum absolute atomic E-state index is 0.815. The Hall–Kier alpha value is -1.65. The molecule has 136 valence electrons. The van der Waals surface area contributed by atoms with Crippen LogP contribution in [0, 0.1) is 0 Å². The van der Waals surface area contributed by atoms with Crippen molar-refractivity contribution in [1.82, 2.24) is 10.3 Å². The number of piperidine rings is 1. The van der Waals surface area contributed by atoms with Crippen LogP contribution in [0.25, 0.3) is 10.9 Å². The first-order chi connectivity index (χ1) is 12.4. The molecule has 4 nitrogen and oxygen atoms in total. The fourth-order valence-electron chi connectivity index (χ4n) is 3.48. The third-order valence-corrected chi connectivity index (χ3v) is 4.85. The topological polar surface area (TPSA) is 37.4 Å². The van der Waals surface area contributed by atoms with Gasteiger partial charge in [-0.15, -0.1) is 0 Å². The number of rotatable bonds is 9. The first-order valence-electron chi connectivity index (χ1n) is 9.80. The molecule has 0 spiro atoms. The zero-order valence-electron chi connectivity index (χ0n) is 15.5. The molecular weight excluding hydrogens is 310 g/mol. The summed E-state index contributed by atoms with van der Waals surface area (Å²) in [5.41, 5.74) is 2.42. The molecule has 1 aromatic carbocycles. The zero-order chi connectivity index (χ0) is 17.3. The molecule has 1 saturated heterocycles. The van der Waals surface area contributed by atoms with E-state index in [9.17, 15) is 0 Å². The van der Waals surface area contributed by atoms with Gasteiger partial charge in [-0.05, 0) is 57.7 Å². The van der Waals surface area contributed by atoms with Crippen LogP contribution in [0.2, 0.25) is 0 Å². The lowest BCUT2D eigenvalue weighted by Gasteiger charge is -2.30. The lowest BCUT2D eigenvalue weighted by Crippen LogP contribution is -2.31. The van der Waals surface area contributed by atoms with E-state index in [0.717, 1.165) is 57.8 Å². The number of unbranched alkanes of at least 4 members (excludes halogenated alkanes) is 1. The maximum atomic E-state index is 5.40. The van der Waals surface area contributed by atoms with Gasteiger partial charge >= 0.3 is 0 Å². The van der Waals surface area contributed by atoms with Crippen LogP contribution in [0.1, 0.15) is 44.6 Å². The van der Waals surface area contributed by atoms with E-state index in [2.05, 4.69) is 40.5 Å². The number of ether oxygens (including phenoxy) is 1. The molecule has 1 fully saturated rings. The highest BCUT2D eigenvalue weighted by Crippen LogP contribution is 2.26. The molecule has 0 bridgehead atoms. The molecular formula is C21H31N3O. The molecule has 3 rings (SSSR count). The fourth-order valence-corrected chi connectivity index (χ4v) is 3.48. The summed E-state index contributed by atoms with van der Waals surface area (Å²) in [5.74, 6) is 1.18. The molecule has 2 aromatic rings. The molecule has 0 radical (unpaired) electrons. The van der Waals surface area contributed by atoms with Crippen molar-refractivity contribution < 1.29 is 4.74 Å². The van der Waals surface area contributed by atoms with Crippen LogP contribution < -0.4 is 10.2 Å². The van der Waals surface area contributed by atoms with Crippen molar-refractivity contribution in [3.63, 3.8) is 0 Å². The van der Waals surface area contributed by atoms with E-state index < -0.39 is 0 Å². The maximum Gasteiger partial charge on any atom is 0.133 e. The van der Waals surface area contributed by atoms with Crippen LogP contribution in [0.4, 0.5) is 5.82 Å². The highest BCUT2D eigenvalue weighted by molar-refractivity contribution is 5.81. The number of para-hydroxylation sites is 1. The van der Waals surface area contributed by atoms with Crippen molar-refractivity contribution in [2.24, 2.45) is 0 Å². The van der Waals surface area contributed by atoms with E-state index in [1.807, 2.05) is 6.92 Å². The predicted molar refractivity (Wildman–Crippen MR) is 105 cm³/mol. The lowest BCUT2D eigenvalue weighted by molar-refractivity contribution is 0.143. The van der Waals surface area contributed by atoms with Crippen molar-refractivity contribution >= 4 is 16.7 Å². The Kier molecular flexibility index (Phi) is 7.07. The smallest absolute Gasteiger partial charge is 0.133 e. The molecule has 1 aliphatic rings. The standard InChI is InChI=1S/C21H31N3O/c1-2-25-15-9-6-12-22-17-19-16-18-10-4-5-11-20(18)23-21(19)24-13-7-3-8-14-24/h4-5,10-11,16,22H,2-3,6-9,12-15,17H2,1H3. The van der Waals surface area contributed by atoms with Crippen LogP contribution in [0.3, 0.4) is 0 Å². The van der Waals surface area contributed by atoms with E-state index in [1.165, 1.54) is 36.0 Å². The highest BCUT2D eigenvalue weighted by atomic mass is 16.5. The summed E-state index contributed by atoms with van der Waals surface area (Å²) in [5, 5.41) is 4.83. The zero-order valence-corrected chi connectivity index (χ0v) is 15.5. The summed E-state index contributed by atoms with van der Waals surface area (Å²) in [4.78, 5) is 7.48. The summed E-state index contributed by atoms with van der Waals surface area (Å²) < 4.78 is 5.40. The molecule has 0 aliphatic carbocycles. The van der Waals surface area contributed by atoms with Crippen LogP contribution in [-0.2, 0) is 11.3 Å². The Balaban J connectivity index is 1.66. The molecule has 1 N–H and O–H groups in total. The molecule has 4 heteroatoms. The summed E-state index contributed by atoms with van der Waals surface area (Å²) in [7, 11) is 0. The monoisotopic (exact) mass is 341 g/mol. The number of hydrogen-bond donors (Lipinski definition) is 1. The average Bonchev–Trinajstić information content (AvgIpc) is 2.67. The minimum atomic E-state index is 0.815. The molecule has 0 saturated carbocycles. The Bertz CT molecular complexity index is 653. The predicted octanol–water partition coefficient (Wildman–Crippen LogP) is 4.13. The molecule has 0 amide bonds. The van der Waals surface area contributed by atoms with Crippen LogP contribution in [0.15, 0.2) is 30.3 Å². The largest absolute Gasteiger partial charge is 0.382 e. The number of aromatic nitrogens is 1. The Morgan fingerprint density at radius 2 is 1.96 bits per heavy atom. The quantitative estimate of drug-likeness (QED) is 0.696. The van der Waals surface area contributed by atoms with Crippen molar-refractivity contribution in [3.05, 3.63) is 35.9 Å². The number of nitrogens with zero attached hydrogens (tertiary/aromatic N) is 2. The van der Waals surface area contributed by atoms with Gasteiger partial charge in [0.2, 0.25) is 0 Å². The van der Waals surface area contributed by atoms with Crippen LogP contribution >= 0.6 is 0 Å². The second-order valence-electron chi connectivity index (χ2n) is 6.79. The van der Waals surface area contributed by atoms with E-state index >= 15 is 0 Å². The van der Waals surface area contributed by atoms with Gasteiger partial charge in [-0.1, -0.05) is 18.2 Å². The number of hydrogen-bond acceptors (Lipinski definition) is 4. The normalized spacial score (nSPS) is 15.0. The summed E-state index contributed by atoms with van der Waals surface area (Å²) >= 11 is 0. The Labute approximate surface area is 151 Å². The van der Waals surface area contributed by atoms with Gasteiger partial charge in [0.1, 0.15) is 5.82 Å². The molecule has 25 heavy (non-hydrogen) atoms. The molecule has 0 atom stereocenters. The molecule has 1 aliphatic heterocycles. The number of benzene rings is 1. The van der Waals surface area contributed by atoms with Gasteiger partial charge in [0, 0.05) is 43.8 Å². The second-order valence-corrected chi connectivity index (χ2v) is 6.79. The Morgan fingerprint density at radius 1 is 1.12 bits per heavy atom. The number of fused-ring (bicyclic) bond motifs is 1. The average molecular weight is 341 g/mol. The van der Waals surface area contributed by atoms with Gasteiger partial charge in [0.15, 0.2) is 0 Å². The van der Waals surface area contributed by atoms with Gasteiger partial charge < -0.3 is 15.0 Å². The molecule has 1 aromatic heterocycles. The molecule has 2 heterocycles. The van der Waals surface area contributed by atoms with Crippen molar-refractivity contribution in [2.75, 3.05) is 37.7 Å². The SMILES string of the molecule is CCOCCCCNCc1cc2ccccc2nc1N1CCCCC1. The van der Waals surface area contributed by atoms with Gasteiger partial charge in [0.25, 0.3) is 0 Å². The first-order valence-corrected chi connectivity index (χ1v) is 9.80. The Morgan fingerprint density at radius 3 is 2.80 bits per heavy atom. The minimum Gasteiger partial charge on any atom is -0.382 e. The van der Waals surface area contributed by atoms with Crippen molar-refractivity contribution in [3.8, 4) is 0 Å². The van der Waals surface area contributed by atoms with Crippen LogP contribution in [0.5, 0.6) is 0 Å². The number of pyridine rings is 1. The van der Waals surface area contributed by atoms with Crippen LogP contribution in [-0.4, -0.2) is 37.8 Å². The highest BCUT2D eigenvalue weighted by Gasteiger charge is 2.16. The summed E-state index contributed by atoms with van der Waals surface area (Å²) in [6.07, 6.45) is 6.17. The van der Waals surface area contributed by atoms with Gasteiger partial charge in [0.05, 0.1) is 5.52 Å². The van der Waals surface area contributed by atoms with Crippen molar-refractivity contribution in [2.45, 2.75) is 45.6 Å². The maximum absolute atomic E-state index is 5.40. The lowest BCUT2D eigenvalue weighted by atomic mass is 10.1. The third-order valence-electron chi connectivity index (χ3n) is 4.85. The van der Waals surface area contributed by atoms with Gasteiger partial charge in [-0.3, -0.25) is 0 Å². The summed E-state index contributed by atoms with van der Waals surface area (Å²) in [6.45, 7) is 7.91. The first kappa shape index (κ1) is 18.2. The number of anilines is 1. The molecule has 0 unspecified atom stereocenters.